The maximum absolute atomic E-state index is 13.2. The summed E-state index contributed by atoms with van der Waals surface area (Å²) in [5, 5.41) is 4.25. The number of aryl methyl sites for hydroxylation is 1. The molecular formula is C17H24N6O2. The molecule has 0 unspecified atom stereocenters. The van der Waals surface area contributed by atoms with E-state index in [9.17, 15) is 4.79 Å². The standard InChI is InChI=1S/C17H24N6O2/c1-25-14-8-13(10-21-7-5-15(18)20-21)23(11-14)17(24)16-19-9-12-4-2-3-6-22(12)16/h5,7,9,13-14H,2-4,6,8,10-11H2,1H3,(H2,18,20)/t13-,14-/m0/s1. The van der Waals surface area contributed by atoms with E-state index < -0.39 is 0 Å². The Morgan fingerprint density at radius 1 is 1.44 bits per heavy atom. The number of nitrogen functional groups attached to an aromatic ring is 1. The Morgan fingerprint density at radius 3 is 3.08 bits per heavy atom. The monoisotopic (exact) mass is 344 g/mol. The van der Waals surface area contributed by atoms with Gasteiger partial charge in [0.1, 0.15) is 5.82 Å². The molecule has 8 heteroatoms. The number of imidazole rings is 1. The lowest BCUT2D eigenvalue weighted by Gasteiger charge is -2.25. The number of aromatic nitrogens is 4. The molecule has 25 heavy (non-hydrogen) atoms. The Balaban J connectivity index is 1.57. The van der Waals surface area contributed by atoms with Crippen molar-refractivity contribution in [3.63, 3.8) is 0 Å². The van der Waals surface area contributed by atoms with Gasteiger partial charge in [0, 0.05) is 38.3 Å². The summed E-state index contributed by atoms with van der Waals surface area (Å²) in [6.07, 6.45) is 7.78. The SMILES string of the molecule is CO[C@H]1C[C@@H](Cn2ccc(N)n2)N(C(=O)c2ncc3n2CCCC3)C1. The molecule has 2 aliphatic heterocycles. The molecule has 134 valence electrons. The van der Waals surface area contributed by atoms with Gasteiger partial charge in [-0.05, 0) is 31.7 Å². The molecule has 2 aromatic rings. The highest BCUT2D eigenvalue weighted by Crippen LogP contribution is 2.25. The minimum Gasteiger partial charge on any atom is -0.382 e. The second-order valence-corrected chi connectivity index (χ2v) is 6.85. The second kappa shape index (κ2) is 6.51. The van der Waals surface area contributed by atoms with Crippen LogP contribution < -0.4 is 5.73 Å². The largest absolute Gasteiger partial charge is 0.382 e. The predicted molar refractivity (Wildman–Crippen MR) is 92.0 cm³/mol. The first-order valence-electron chi connectivity index (χ1n) is 8.83. The Kier molecular flexibility index (Phi) is 4.20. The number of likely N-dealkylation sites (tertiary alicyclic amines) is 1. The van der Waals surface area contributed by atoms with Crippen LogP contribution in [0.25, 0.3) is 0 Å². The number of carbonyl (C=O) groups excluding carboxylic acids is 1. The van der Waals surface area contributed by atoms with E-state index in [1.807, 2.05) is 17.3 Å². The minimum absolute atomic E-state index is 0.0159. The highest BCUT2D eigenvalue weighted by molar-refractivity contribution is 5.91. The van der Waals surface area contributed by atoms with Crippen LogP contribution in [0.2, 0.25) is 0 Å². The molecule has 4 heterocycles. The molecule has 1 saturated heterocycles. The highest BCUT2D eigenvalue weighted by Gasteiger charge is 2.38. The Hall–Kier alpha value is -2.35. The quantitative estimate of drug-likeness (QED) is 0.891. The van der Waals surface area contributed by atoms with Crippen LogP contribution in [-0.4, -0.2) is 55.9 Å². The Labute approximate surface area is 146 Å². The molecule has 0 bridgehead atoms. The number of nitrogens with zero attached hydrogens (tertiary/aromatic N) is 5. The van der Waals surface area contributed by atoms with E-state index in [0.717, 1.165) is 37.9 Å². The number of ether oxygens (including phenoxy) is 1. The van der Waals surface area contributed by atoms with Crippen LogP contribution in [0.15, 0.2) is 18.5 Å². The van der Waals surface area contributed by atoms with Crippen molar-refractivity contribution in [1.29, 1.82) is 0 Å². The topological polar surface area (TPSA) is 91.2 Å². The number of anilines is 1. The Morgan fingerprint density at radius 2 is 2.32 bits per heavy atom. The third-order valence-corrected chi connectivity index (χ3v) is 5.22. The average Bonchev–Trinajstić information content (AvgIpc) is 3.33. The summed E-state index contributed by atoms with van der Waals surface area (Å²) in [6, 6.07) is 1.79. The fourth-order valence-electron chi connectivity index (χ4n) is 3.90. The van der Waals surface area contributed by atoms with Gasteiger partial charge in [-0.15, -0.1) is 0 Å². The number of nitrogens with two attached hydrogens (primary N) is 1. The summed E-state index contributed by atoms with van der Waals surface area (Å²) in [5.74, 6) is 1.02. The van der Waals surface area contributed by atoms with Gasteiger partial charge in [0.25, 0.3) is 5.91 Å². The maximum Gasteiger partial charge on any atom is 0.290 e. The normalized spacial score (nSPS) is 23.0. The zero-order valence-corrected chi connectivity index (χ0v) is 14.5. The van der Waals surface area contributed by atoms with E-state index in [2.05, 4.69) is 14.6 Å². The van der Waals surface area contributed by atoms with Gasteiger partial charge in [-0.3, -0.25) is 9.48 Å². The van der Waals surface area contributed by atoms with E-state index >= 15 is 0 Å². The average molecular weight is 344 g/mol. The number of carbonyl (C=O) groups is 1. The van der Waals surface area contributed by atoms with Crippen LogP contribution in [-0.2, 0) is 24.2 Å². The van der Waals surface area contributed by atoms with Crippen molar-refractivity contribution in [2.45, 2.75) is 50.9 Å². The summed E-state index contributed by atoms with van der Waals surface area (Å²) < 4.78 is 9.39. The van der Waals surface area contributed by atoms with Crippen molar-refractivity contribution < 1.29 is 9.53 Å². The molecule has 1 fully saturated rings. The van der Waals surface area contributed by atoms with Crippen LogP contribution in [0.4, 0.5) is 5.82 Å². The smallest absolute Gasteiger partial charge is 0.290 e. The van der Waals surface area contributed by atoms with Gasteiger partial charge in [0.05, 0.1) is 18.7 Å². The third kappa shape index (κ3) is 3.02. The molecule has 2 atom stereocenters. The van der Waals surface area contributed by atoms with Crippen LogP contribution in [0, 0.1) is 0 Å². The van der Waals surface area contributed by atoms with E-state index in [4.69, 9.17) is 10.5 Å². The molecule has 1 amide bonds. The lowest BCUT2D eigenvalue weighted by atomic mass is 10.1. The summed E-state index contributed by atoms with van der Waals surface area (Å²) in [5.41, 5.74) is 6.86. The molecule has 2 N–H and O–H groups in total. The van der Waals surface area contributed by atoms with E-state index in [1.165, 1.54) is 0 Å². The fourth-order valence-corrected chi connectivity index (χ4v) is 3.90. The highest BCUT2D eigenvalue weighted by atomic mass is 16.5. The zero-order valence-electron chi connectivity index (χ0n) is 14.5. The van der Waals surface area contributed by atoms with Crippen LogP contribution in [0.3, 0.4) is 0 Å². The molecule has 2 aromatic heterocycles. The maximum atomic E-state index is 13.2. The van der Waals surface area contributed by atoms with E-state index in [1.54, 1.807) is 17.9 Å². The number of hydrogen-bond acceptors (Lipinski definition) is 5. The van der Waals surface area contributed by atoms with Gasteiger partial charge in [-0.25, -0.2) is 4.98 Å². The zero-order chi connectivity index (χ0) is 17.4. The molecule has 0 aromatic carbocycles. The summed E-state index contributed by atoms with van der Waals surface area (Å²) in [4.78, 5) is 19.5. The van der Waals surface area contributed by atoms with Gasteiger partial charge in [0.2, 0.25) is 0 Å². The molecule has 0 aliphatic carbocycles. The third-order valence-electron chi connectivity index (χ3n) is 5.22. The number of hydrogen-bond donors (Lipinski definition) is 1. The van der Waals surface area contributed by atoms with Crippen molar-refractivity contribution in [2.75, 3.05) is 19.4 Å². The van der Waals surface area contributed by atoms with Crippen molar-refractivity contribution in [2.24, 2.45) is 0 Å². The first kappa shape index (κ1) is 16.1. The Bertz CT molecular complexity index is 767. The number of fused-ring (bicyclic) bond motifs is 1. The first-order chi connectivity index (χ1) is 12.2. The molecule has 8 nitrogen and oxygen atoms in total. The minimum atomic E-state index is -0.0159. The molecular weight excluding hydrogens is 320 g/mol. The number of methoxy groups -OCH3 is 1. The molecule has 0 saturated carbocycles. The van der Waals surface area contributed by atoms with Gasteiger partial charge in [-0.1, -0.05) is 0 Å². The predicted octanol–water partition coefficient (Wildman–Crippen LogP) is 0.928. The lowest BCUT2D eigenvalue weighted by Crippen LogP contribution is -2.40. The van der Waals surface area contributed by atoms with Crippen molar-refractivity contribution >= 4 is 11.7 Å². The van der Waals surface area contributed by atoms with Crippen molar-refractivity contribution in [3.05, 3.63) is 30.0 Å². The summed E-state index contributed by atoms with van der Waals surface area (Å²) in [7, 11) is 1.69. The van der Waals surface area contributed by atoms with Crippen molar-refractivity contribution in [1.82, 2.24) is 24.2 Å². The number of rotatable bonds is 4. The summed E-state index contributed by atoms with van der Waals surface area (Å²) >= 11 is 0. The molecule has 0 spiro atoms. The van der Waals surface area contributed by atoms with Gasteiger partial charge >= 0.3 is 0 Å². The molecule has 0 radical (unpaired) electrons. The number of amides is 1. The van der Waals surface area contributed by atoms with Gasteiger partial charge in [-0.2, -0.15) is 5.10 Å². The van der Waals surface area contributed by atoms with Crippen LogP contribution in [0.5, 0.6) is 0 Å². The lowest BCUT2D eigenvalue weighted by molar-refractivity contribution is 0.0661. The second-order valence-electron chi connectivity index (χ2n) is 6.85. The van der Waals surface area contributed by atoms with Gasteiger partial charge in [0.15, 0.2) is 5.82 Å². The summed E-state index contributed by atoms with van der Waals surface area (Å²) in [6.45, 7) is 2.06. The van der Waals surface area contributed by atoms with E-state index in [0.29, 0.717) is 24.7 Å². The molecule has 2 aliphatic rings. The van der Waals surface area contributed by atoms with E-state index in [-0.39, 0.29) is 18.1 Å². The van der Waals surface area contributed by atoms with Crippen LogP contribution >= 0.6 is 0 Å². The van der Waals surface area contributed by atoms with Crippen LogP contribution in [0.1, 0.15) is 35.6 Å². The van der Waals surface area contributed by atoms with Gasteiger partial charge < -0.3 is 19.9 Å². The molecule has 4 rings (SSSR count). The fraction of sp³-hybridized carbons (Fsp3) is 0.588. The first-order valence-corrected chi connectivity index (χ1v) is 8.83. The van der Waals surface area contributed by atoms with Crippen molar-refractivity contribution in [3.8, 4) is 0 Å².